The van der Waals surface area contributed by atoms with Crippen LogP contribution in [0.25, 0.3) is 0 Å². The molecule has 0 aliphatic heterocycles. The Hall–Kier alpha value is -2.12. The lowest BCUT2D eigenvalue weighted by molar-refractivity contribution is -0.143. The van der Waals surface area contributed by atoms with Gasteiger partial charge in [0.15, 0.2) is 0 Å². The molecule has 0 fully saturated rings. The van der Waals surface area contributed by atoms with Crippen LogP contribution in [0.4, 0.5) is 0 Å². The number of carbonyl (C=O) groups is 4. The van der Waals surface area contributed by atoms with Gasteiger partial charge < -0.3 is 20.8 Å². The van der Waals surface area contributed by atoms with E-state index in [0.717, 1.165) is 12.8 Å². The van der Waals surface area contributed by atoms with E-state index in [-0.39, 0.29) is 31.1 Å². The Labute approximate surface area is 135 Å². The van der Waals surface area contributed by atoms with Crippen LogP contribution in [0.3, 0.4) is 0 Å². The molecule has 0 radical (unpaired) electrons. The maximum absolute atomic E-state index is 11.6. The van der Waals surface area contributed by atoms with E-state index < -0.39 is 23.9 Å². The van der Waals surface area contributed by atoms with E-state index in [2.05, 4.69) is 10.6 Å². The highest BCUT2D eigenvalue weighted by Crippen LogP contribution is 2.03. The van der Waals surface area contributed by atoms with Gasteiger partial charge in [0, 0.05) is 25.3 Å². The smallest absolute Gasteiger partial charge is 0.326 e. The van der Waals surface area contributed by atoms with Crippen molar-refractivity contribution < 1.29 is 29.4 Å². The average Bonchev–Trinajstić information content (AvgIpc) is 2.45. The van der Waals surface area contributed by atoms with Gasteiger partial charge in [0.2, 0.25) is 11.8 Å². The number of unbranched alkanes of at least 4 members (excludes halogenated alkanes) is 2. The fraction of sp³-hybridized carbons (Fsp3) is 0.733. The van der Waals surface area contributed by atoms with Crippen LogP contribution < -0.4 is 10.6 Å². The molecule has 8 nitrogen and oxygen atoms in total. The zero-order valence-electron chi connectivity index (χ0n) is 13.6. The van der Waals surface area contributed by atoms with E-state index in [1.54, 1.807) is 0 Å². The number of amides is 2. The number of carbonyl (C=O) groups excluding carboxylic acids is 2. The van der Waals surface area contributed by atoms with Crippen LogP contribution in [-0.4, -0.2) is 46.6 Å². The minimum Gasteiger partial charge on any atom is -0.481 e. The highest BCUT2D eigenvalue weighted by molar-refractivity contribution is 5.83. The maximum atomic E-state index is 11.6. The zero-order chi connectivity index (χ0) is 17.8. The Kier molecular flexibility index (Phi) is 10.4. The SMILES string of the molecule is CC(C)C(=O)NCCCCCC(=O)N[C@@H](CCC(=O)O)C(=O)O. The van der Waals surface area contributed by atoms with Gasteiger partial charge in [-0.25, -0.2) is 4.79 Å². The minimum absolute atomic E-state index is 0.00882. The Morgan fingerprint density at radius 1 is 0.957 bits per heavy atom. The van der Waals surface area contributed by atoms with Gasteiger partial charge >= 0.3 is 11.9 Å². The number of carboxylic acid groups (broad SMARTS) is 2. The van der Waals surface area contributed by atoms with Gasteiger partial charge in [-0.05, 0) is 19.3 Å². The van der Waals surface area contributed by atoms with Crippen molar-refractivity contribution in [2.24, 2.45) is 5.92 Å². The molecule has 132 valence electrons. The number of hydrogen-bond donors (Lipinski definition) is 4. The third-order valence-corrected chi connectivity index (χ3v) is 3.18. The van der Waals surface area contributed by atoms with Crippen LogP contribution in [0.1, 0.15) is 52.4 Å². The first-order valence-corrected chi connectivity index (χ1v) is 7.75. The van der Waals surface area contributed by atoms with Crippen molar-refractivity contribution >= 4 is 23.8 Å². The summed E-state index contributed by atoms with van der Waals surface area (Å²) in [7, 11) is 0. The van der Waals surface area contributed by atoms with Crippen molar-refractivity contribution in [1.29, 1.82) is 0 Å². The Morgan fingerprint density at radius 2 is 1.61 bits per heavy atom. The van der Waals surface area contributed by atoms with Crippen LogP contribution in [-0.2, 0) is 19.2 Å². The third-order valence-electron chi connectivity index (χ3n) is 3.18. The molecule has 0 aliphatic carbocycles. The molecule has 4 N–H and O–H groups in total. The molecule has 0 rings (SSSR count). The molecular formula is C15H26N2O6. The van der Waals surface area contributed by atoms with Gasteiger partial charge in [0.25, 0.3) is 0 Å². The summed E-state index contributed by atoms with van der Waals surface area (Å²) in [4.78, 5) is 44.3. The van der Waals surface area contributed by atoms with Crippen molar-refractivity contribution in [1.82, 2.24) is 10.6 Å². The second-order valence-corrected chi connectivity index (χ2v) is 5.65. The van der Waals surface area contributed by atoms with Crippen LogP contribution in [0.5, 0.6) is 0 Å². The molecule has 0 aromatic rings. The number of hydrogen-bond acceptors (Lipinski definition) is 4. The molecule has 0 aromatic heterocycles. The molecule has 1 atom stereocenters. The normalized spacial score (nSPS) is 11.8. The molecule has 0 aliphatic rings. The van der Waals surface area contributed by atoms with Gasteiger partial charge in [0.05, 0.1) is 0 Å². The lowest BCUT2D eigenvalue weighted by atomic mass is 10.1. The lowest BCUT2D eigenvalue weighted by Crippen LogP contribution is -2.41. The molecule has 8 heteroatoms. The minimum atomic E-state index is -1.24. The van der Waals surface area contributed by atoms with E-state index in [0.29, 0.717) is 13.0 Å². The van der Waals surface area contributed by atoms with Crippen molar-refractivity contribution in [3.05, 3.63) is 0 Å². The monoisotopic (exact) mass is 330 g/mol. The Bertz CT molecular complexity index is 422. The van der Waals surface area contributed by atoms with E-state index in [1.165, 1.54) is 0 Å². The van der Waals surface area contributed by atoms with Crippen molar-refractivity contribution in [2.75, 3.05) is 6.54 Å². The predicted octanol–water partition coefficient (Wildman–Crippen LogP) is 0.753. The van der Waals surface area contributed by atoms with E-state index in [1.807, 2.05) is 13.8 Å². The first-order valence-electron chi connectivity index (χ1n) is 7.75. The van der Waals surface area contributed by atoms with E-state index >= 15 is 0 Å². The summed E-state index contributed by atoms with van der Waals surface area (Å²) in [6.07, 6.45) is 1.78. The predicted molar refractivity (Wildman–Crippen MR) is 82.8 cm³/mol. The number of rotatable bonds is 12. The van der Waals surface area contributed by atoms with E-state index in [9.17, 15) is 19.2 Å². The van der Waals surface area contributed by atoms with Crippen LogP contribution >= 0.6 is 0 Å². The van der Waals surface area contributed by atoms with Gasteiger partial charge in [-0.2, -0.15) is 0 Å². The highest BCUT2D eigenvalue weighted by Gasteiger charge is 2.20. The van der Waals surface area contributed by atoms with E-state index in [4.69, 9.17) is 10.2 Å². The molecule has 0 unspecified atom stereocenters. The highest BCUT2D eigenvalue weighted by atomic mass is 16.4. The summed E-state index contributed by atoms with van der Waals surface area (Å²) < 4.78 is 0. The molecule has 0 saturated carbocycles. The number of nitrogens with one attached hydrogen (secondary N) is 2. The topological polar surface area (TPSA) is 133 Å². The average molecular weight is 330 g/mol. The quantitative estimate of drug-likeness (QED) is 0.390. The summed E-state index contributed by atoms with van der Waals surface area (Å²) in [6.45, 7) is 4.17. The van der Waals surface area contributed by atoms with Crippen molar-refractivity contribution in [3.8, 4) is 0 Å². The zero-order valence-corrected chi connectivity index (χ0v) is 13.6. The van der Waals surface area contributed by atoms with Gasteiger partial charge in [-0.3, -0.25) is 14.4 Å². The molecule has 0 spiro atoms. The summed E-state index contributed by atoms with van der Waals surface area (Å²) in [5.41, 5.74) is 0. The van der Waals surface area contributed by atoms with Gasteiger partial charge in [0.1, 0.15) is 6.04 Å². The number of aliphatic carboxylic acids is 2. The van der Waals surface area contributed by atoms with Crippen LogP contribution in [0.2, 0.25) is 0 Å². The Balaban J connectivity index is 3.85. The molecule has 23 heavy (non-hydrogen) atoms. The lowest BCUT2D eigenvalue weighted by Gasteiger charge is -2.13. The van der Waals surface area contributed by atoms with Crippen LogP contribution in [0, 0.1) is 5.92 Å². The fourth-order valence-electron chi connectivity index (χ4n) is 1.79. The molecule has 0 saturated heterocycles. The molecule has 0 bridgehead atoms. The molecule has 0 heterocycles. The Morgan fingerprint density at radius 3 is 2.13 bits per heavy atom. The molecular weight excluding hydrogens is 304 g/mol. The number of carboxylic acids is 2. The summed E-state index contributed by atoms with van der Waals surface area (Å²) in [5, 5.41) is 22.6. The maximum Gasteiger partial charge on any atom is 0.326 e. The second-order valence-electron chi connectivity index (χ2n) is 5.65. The summed E-state index contributed by atoms with van der Waals surface area (Å²) >= 11 is 0. The van der Waals surface area contributed by atoms with Crippen molar-refractivity contribution in [2.45, 2.75) is 58.4 Å². The fourth-order valence-corrected chi connectivity index (χ4v) is 1.79. The van der Waals surface area contributed by atoms with Gasteiger partial charge in [-0.15, -0.1) is 0 Å². The largest absolute Gasteiger partial charge is 0.481 e. The molecule has 2 amide bonds. The summed E-state index contributed by atoms with van der Waals surface area (Å²) in [6, 6.07) is -1.18. The van der Waals surface area contributed by atoms with Gasteiger partial charge in [-0.1, -0.05) is 20.3 Å². The second kappa shape index (κ2) is 11.4. The van der Waals surface area contributed by atoms with Crippen molar-refractivity contribution in [3.63, 3.8) is 0 Å². The third kappa shape index (κ3) is 11.1. The first-order chi connectivity index (χ1) is 10.7. The first kappa shape index (κ1) is 20.9. The summed E-state index contributed by atoms with van der Waals surface area (Å²) in [5.74, 6) is -2.82. The molecule has 0 aromatic carbocycles. The van der Waals surface area contributed by atoms with Crippen LogP contribution in [0.15, 0.2) is 0 Å². The standard InChI is InChI=1S/C15H26N2O6/c1-10(2)14(21)16-9-5-3-4-6-12(18)17-11(15(22)23)7-8-13(19)20/h10-11H,3-9H2,1-2H3,(H,16,21)(H,17,18)(H,19,20)(H,22,23)/t11-/m0/s1.